The lowest BCUT2D eigenvalue weighted by atomic mass is 9.55. The second kappa shape index (κ2) is 12.8. The number of benzene rings is 8. The molecule has 59 heavy (non-hydrogen) atoms. The van der Waals surface area contributed by atoms with E-state index in [2.05, 4.69) is 207 Å². The van der Waals surface area contributed by atoms with Gasteiger partial charge in [0, 0.05) is 36.7 Å². The Bertz CT molecular complexity index is 3190. The van der Waals surface area contributed by atoms with Crippen LogP contribution in [0, 0.1) is 0 Å². The first-order valence-electron chi connectivity index (χ1n) is 20.4. The van der Waals surface area contributed by atoms with Crippen LogP contribution in [0.3, 0.4) is 0 Å². The minimum atomic E-state index is -0.471. The van der Waals surface area contributed by atoms with E-state index in [9.17, 15) is 0 Å². The van der Waals surface area contributed by atoms with Gasteiger partial charge in [0.1, 0.15) is 12.0 Å². The van der Waals surface area contributed by atoms with Crippen molar-refractivity contribution >= 4 is 43.2 Å². The van der Waals surface area contributed by atoms with Gasteiger partial charge in [-0.1, -0.05) is 190 Å². The first-order valence-corrected chi connectivity index (χ1v) is 21.3. The molecule has 4 heteroatoms. The van der Waals surface area contributed by atoms with E-state index >= 15 is 0 Å². The summed E-state index contributed by atoms with van der Waals surface area (Å²) in [6.07, 6.45) is -0.329. The third-order valence-corrected chi connectivity index (χ3v) is 14.2. The normalized spacial score (nSPS) is 16.7. The Hall–Kier alpha value is -6.88. The molecule has 8 aromatic carbocycles. The molecule has 0 saturated heterocycles. The van der Waals surface area contributed by atoms with Gasteiger partial charge in [0.2, 0.25) is 0 Å². The number of fused-ring (bicyclic) bond motifs is 12. The highest BCUT2D eigenvalue weighted by Crippen LogP contribution is 2.63. The lowest BCUT2D eigenvalue weighted by molar-refractivity contribution is 0.563. The SMILES string of the molecule is CC1(C)c2ccccc2C2(c3ccccc3-c3c(-c4ccccc4C4=NC(c5ccc6c(c5)sc5ccccc56)NC(c5ccccc5)=N4)cccc32)c2ccccc21. The number of thiophene rings is 1. The predicted molar refractivity (Wildman–Crippen MR) is 246 cm³/mol. The summed E-state index contributed by atoms with van der Waals surface area (Å²) in [5.41, 5.74) is 15.5. The molecule has 1 spiro atoms. The molecule has 1 atom stereocenters. The zero-order valence-electron chi connectivity index (χ0n) is 32.8. The summed E-state index contributed by atoms with van der Waals surface area (Å²) in [5, 5.41) is 6.30. The van der Waals surface area contributed by atoms with Crippen molar-refractivity contribution in [3.05, 3.63) is 238 Å². The Morgan fingerprint density at radius 2 is 1.05 bits per heavy atom. The van der Waals surface area contributed by atoms with Gasteiger partial charge in [0.25, 0.3) is 0 Å². The average molecular weight is 774 g/mol. The van der Waals surface area contributed by atoms with Crippen molar-refractivity contribution in [1.82, 2.24) is 5.32 Å². The molecule has 1 unspecified atom stereocenters. The molecular formula is C55H39N3S. The van der Waals surface area contributed by atoms with Gasteiger partial charge in [0.15, 0.2) is 5.84 Å². The number of nitrogens with one attached hydrogen (secondary N) is 1. The van der Waals surface area contributed by atoms with Gasteiger partial charge < -0.3 is 5.32 Å². The Balaban J connectivity index is 1.08. The van der Waals surface area contributed by atoms with Crippen LogP contribution in [0.25, 0.3) is 42.4 Å². The van der Waals surface area contributed by atoms with Gasteiger partial charge in [-0.25, -0.2) is 9.98 Å². The molecule has 2 heterocycles. The van der Waals surface area contributed by atoms with Crippen molar-refractivity contribution < 1.29 is 0 Å². The molecule has 1 aliphatic heterocycles. The average Bonchev–Trinajstić information content (AvgIpc) is 3.82. The van der Waals surface area contributed by atoms with Crippen LogP contribution in [0.1, 0.15) is 70.1 Å². The standard InChI is InChI=1S/C55H39N3S/c1-54(2)43-25-11-13-27-45(43)55(46-28-14-12-26-44(46)54)42-24-10-8-22-41(42)50-39(23-16-29-47(50)55)36-19-6-7-21-40(36)53-57-51(34-17-4-3-5-18-34)56-52(58-53)35-31-32-38-37-20-9-15-30-48(37)59-49(38)33-35/h3-33,52H,1-2H3,(H,56,57,58). The fourth-order valence-corrected chi connectivity index (χ4v) is 11.6. The van der Waals surface area contributed by atoms with Gasteiger partial charge in [-0.05, 0) is 73.3 Å². The van der Waals surface area contributed by atoms with E-state index in [-0.39, 0.29) is 11.6 Å². The summed E-state index contributed by atoms with van der Waals surface area (Å²) in [6.45, 7) is 4.76. The van der Waals surface area contributed by atoms with Crippen LogP contribution in [-0.2, 0) is 10.8 Å². The Morgan fingerprint density at radius 3 is 1.81 bits per heavy atom. The number of hydrogen-bond acceptors (Lipinski definition) is 4. The van der Waals surface area contributed by atoms with Crippen LogP contribution in [0.2, 0.25) is 0 Å². The van der Waals surface area contributed by atoms with Crippen molar-refractivity contribution in [2.75, 3.05) is 0 Å². The molecule has 0 bridgehead atoms. The highest BCUT2D eigenvalue weighted by molar-refractivity contribution is 7.25. The second-order valence-corrected chi connectivity index (χ2v) is 17.5. The van der Waals surface area contributed by atoms with Crippen LogP contribution in [0.5, 0.6) is 0 Å². The van der Waals surface area contributed by atoms with Crippen LogP contribution in [0.15, 0.2) is 198 Å². The summed E-state index contributed by atoms with van der Waals surface area (Å²) < 4.78 is 2.55. The monoisotopic (exact) mass is 773 g/mol. The summed E-state index contributed by atoms with van der Waals surface area (Å²) in [7, 11) is 0. The fraction of sp³-hybridized carbons (Fsp3) is 0.0909. The van der Waals surface area contributed by atoms with E-state index in [4.69, 9.17) is 9.98 Å². The minimum absolute atomic E-state index is 0.153. The van der Waals surface area contributed by atoms with E-state index in [0.717, 1.165) is 28.1 Å². The zero-order valence-corrected chi connectivity index (χ0v) is 33.6. The molecule has 280 valence electrons. The predicted octanol–water partition coefficient (Wildman–Crippen LogP) is 13.2. The summed E-state index contributed by atoms with van der Waals surface area (Å²) in [6, 6.07) is 68.9. The lowest BCUT2D eigenvalue weighted by Gasteiger charge is -2.46. The molecule has 0 saturated carbocycles. The Labute approximate surface area is 348 Å². The molecule has 3 aliphatic rings. The Morgan fingerprint density at radius 1 is 0.475 bits per heavy atom. The number of hydrogen-bond donors (Lipinski definition) is 1. The van der Waals surface area contributed by atoms with Gasteiger partial charge in [-0.2, -0.15) is 0 Å². The second-order valence-electron chi connectivity index (χ2n) is 16.5. The molecule has 0 amide bonds. The third-order valence-electron chi connectivity index (χ3n) is 13.0. The molecular weight excluding hydrogens is 735 g/mol. The van der Waals surface area contributed by atoms with Crippen molar-refractivity contribution in [3.63, 3.8) is 0 Å². The molecule has 2 aliphatic carbocycles. The number of rotatable bonds is 4. The highest BCUT2D eigenvalue weighted by atomic mass is 32.1. The topological polar surface area (TPSA) is 36.8 Å². The molecule has 9 aromatic rings. The first kappa shape index (κ1) is 34.2. The molecule has 0 radical (unpaired) electrons. The minimum Gasteiger partial charge on any atom is -0.344 e. The van der Waals surface area contributed by atoms with Crippen LogP contribution >= 0.6 is 11.3 Å². The van der Waals surface area contributed by atoms with Crippen molar-refractivity contribution in [2.24, 2.45) is 9.98 Å². The fourth-order valence-electron chi connectivity index (χ4n) is 10.4. The van der Waals surface area contributed by atoms with Gasteiger partial charge in [-0.15, -0.1) is 11.3 Å². The van der Waals surface area contributed by atoms with Crippen molar-refractivity contribution in [2.45, 2.75) is 30.8 Å². The molecule has 12 rings (SSSR count). The van der Waals surface area contributed by atoms with Crippen LogP contribution in [-0.4, -0.2) is 11.7 Å². The summed E-state index contributed by atoms with van der Waals surface area (Å²) in [5.74, 6) is 1.53. The number of nitrogens with zero attached hydrogens (tertiary/aromatic N) is 2. The van der Waals surface area contributed by atoms with Crippen molar-refractivity contribution in [1.29, 1.82) is 0 Å². The maximum absolute atomic E-state index is 5.46. The van der Waals surface area contributed by atoms with Crippen molar-refractivity contribution in [3.8, 4) is 22.3 Å². The largest absolute Gasteiger partial charge is 0.344 e. The van der Waals surface area contributed by atoms with E-state index in [1.54, 1.807) is 0 Å². The van der Waals surface area contributed by atoms with Gasteiger partial charge in [0.05, 0.1) is 5.41 Å². The van der Waals surface area contributed by atoms with Gasteiger partial charge >= 0.3 is 0 Å². The third kappa shape index (κ3) is 4.87. The summed E-state index contributed by atoms with van der Waals surface area (Å²) in [4.78, 5) is 10.8. The molecule has 0 fully saturated rings. The molecule has 1 N–H and O–H groups in total. The summed E-state index contributed by atoms with van der Waals surface area (Å²) >= 11 is 1.83. The maximum Gasteiger partial charge on any atom is 0.160 e. The molecule has 1 aromatic heterocycles. The van der Waals surface area contributed by atoms with Gasteiger partial charge in [-0.3, -0.25) is 0 Å². The van der Waals surface area contributed by atoms with Crippen LogP contribution in [0.4, 0.5) is 0 Å². The van der Waals surface area contributed by atoms with E-state index in [0.29, 0.717) is 5.84 Å². The first-order chi connectivity index (χ1) is 29.0. The van der Waals surface area contributed by atoms with E-state index in [1.165, 1.54) is 70.2 Å². The lowest BCUT2D eigenvalue weighted by Crippen LogP contribution is -2.40. The Kier molecular flexibility index (Phi) is 7.42. The zero-order chi connectivity index (χ0) is 39.3. The molecule has 3 nitrogen and oxygen atoms in total. The van der Waals surface area contributed by atoms with E-state index in [1.807, 2.05) is 11.3 Å². The smallest absolute Gasteiger partial charge is 0.160 e. The number of aliphatic imine (C=N–C) groups is 2. The quantitative estimate of drug-likeness (QED) is 0.190. The maximum atomic E-state index is 5.46. The highest BCUT2D eigenvalue weighted by Gasteiger charge is 2.53. The van der Waals surface area contributed by atoms with E-state index < -0.39 is 5.41 Å². The number of amidine groups is 2. The van der Waals surface area contributed by atoms with Crippen LogP contribution < -0.4 is 5.32 Å².